The number of amides is 1. The zero-order valence-electron chi connectivity index (χ0n) is 9.59. The maximum absolute atomic E-state index is 12.5. The summed E-state index contributed by atoms with van der Waals surface area (Å²) in [7, 11) is 0. The van der Waals surface area contributed by atoms with Crippen molar-refractivity contribution >= 4 is 57.1 Å². The number of rotatable bonds is 2. The second-order valence-corrected chi connectivity index (χ2v) is 7.00. The van der Waals surface area contributed by atoms with Crippen LogP contribution in [0.2, 0.25) is 5.02 Å². The summed E-state index contributed by atoms with van der Waals surface area (Å²) in [5, 5.41) is 3.99. The van der Waals surface area contributed by atoms with Gasteiger partial charge in [0.05, 0.1) is 24.7 Å². The molecule has 0 fully saturated rings. The van der Waals surface area contributed by atoms with Gasteiger partial charge in [-0.3, -0.25) is 4.79 Å². The van der Waals surface area contributed by atoms with Crippen molar-refractivity contribution in [1.29, 1.82) is 0 Å². The van der Waals surface area contributed by atoms with E-state index < -0.39 is 17.6 Å². The summed E-state index contributed by atoms with van der Waals surface area (Å²) < 4.78 is 38.4. The highest BCUT2D eigenvalue weighted by Crippen LogP contribution is 2.34. The summed E-state index contributed by atoms with van der Waals surface area (Å²) in [6, 6.07) is 4.48. The molecule has 0 aliphatic rings. The van der Waals surface area contributed by atoms with E-state index in [4.69, 9.17) is 11.6 Å². The summed E-state index contributed by atoms with van der Waals surface area (Å²) in [6.07, 6.45) is -4.46. The Bertz CT molecular complexity index is 656. The average molecular weight is 432 g/mol. The second-order valence-electron chi connectivity index (χ2n) is 3.79. The molecule has 0 radical (unpaired) electrons. The van der Waals surface area contributed by atoms with E-state index in [1.807, 2.05) is 0 Å². The van der Waals surface area contributed by atoms with Crippen LogP contribution in [0.25, 0.3) is 0 Å². The molecule has 8 heteroatoms. The van der Waals surface area contributed by atoms with Crippen LogP contribution in [0, 0.1) is 2.88 Å². The number of benzene rings is 1. The molecule has 106 valence electrons. The molecular weight excluding hydrogens is 426 g/mol. The number of carbonyl (C=O) groups excluding carboxylic acids is 1. The first-order valence-electron chi connectivity index (χ1n) is 5.19. The third-order valence-electron chi connectivity index (χ3n) is 2.37. The van der Waals surface area contributed by atoms with E-state index in [2.05, 4.69) is 27.9 Å². The molecule has 0 unspecified atom stereocenters. The largest absolute Gasteiger partial charge is 0.416 e. The number of anilines is 1. The van der Waals surface area contributed by atoms with Crippen LogP contribution < -0.4 is 5.32 Å². The van der Waals surface area contributed by atoms with E-state index in [0.29, 0.717) is 5.56 Å². The van der Waals surface area contributed by atoms with Crippen LogP contribution >= 0.6 is 45.5 Å². The Morgan fingerprint density at radius 2 is 2.00 bits per heavy atom. The van der Waals surface area contributed by atoms with Gasteiger partial charge < -0.3 is 5.32 Å². The number of halogens is 5. The quantitative estimate of drug-likeness (QED) is 0.644. The van der Waals surface area contributed by atoms with Gasteiger partial charge in [0, 0.05) is 5.38 Å². The van der Waals surface area contributed by atoms with E-state index in [9.17, 15) is 18.0 Å². The smallest absolute Gasteiger partial charge is 0.321 e. The summed E-state index contributed by atoms with van der Waals surface area (Å²) in [4.78, 5) is 11.9. The van der Waals surface area contributed by atoms with Gasteiger partial charge in [-0.15, -0.1) is 11.3 Å². The normalized spacial score (nSPS) is 11.4. The van der Waals surface area contributed by atoms with Gasteiger partial charge in [-0.1, -0.05) is 11.6 Å². The fourth-order valence-corrected chi connectivity index (χ4v) is 2.97. The van der Waals surface area contributed by atoms with Crippen LogP contribution in [0.5, 0.6) is 0 Å². The van der Waals surface area contributed by atoms with Crippen LogP contribution in [0.15, 0.2) is 29.6 Å². The molecule has 0 saturated heterocycles. The number of hydrogen-bond donors (Lipinski definition) is 1. The molecule has 1 heterocycles. The van der Waals surface area contributed by atoms with Crippen molar-refractivity contribution in [2.24, 2.45) is 0 Å². The molecular formula is C12H6ClF3INOS. The second kappa shape index (κ2) is 5.90. The van der Waals surface area contributed by atoms with E-state index in [0.717, 1.165) is 21.1 Å². The highest BCUT2D eigenvalue weighted by molar-refractivity contribution is 14.1. The SMILES string of the molecule is O=C(Nc1ccc(C(F)(F)F)cc1Cl)c1csc(I)c1. The summed E-state index contributed by atoms with van der Waals surface area (Å²) >= 11 is 9.23. The Morgan fingerprint density at radius 3 is 2.50 bits per heavy atom. The molecule has 0 atom stereocenters. The first-order valence-corrected chi connectivity index (χ1v) is 7.53. The zero-order valence-corrected chi connectivity index (χ0v) is 13.3. The fraction of sp³-hybridized carbons (Fsp3) is 0.0833. The van der Waals surface area contributed by atoms with E-state index >= 15 is 0 Å². The molecule has 1 aromatic heterocycles. The molecule has 1 amide bonds. The first kappa shape index (κ1) is 15.6. The van der Waals surface area contributed by atoms with Gasteiger partial charge in [-0.2, -0.15) is 13.2 Å². The van der Waals surface area contributed by atoms with Crippen LogP contribution in [-0.2, 0) is 6.18 Å². The number of hydrogen-bond acceptors (Lipinski definition) is 2. The molecule has 0 bridgehead atoms. The minimum atomic E-state index is -4.46. The van der Waals surface area contributed by atoms with Gasteiger partial charge in [-0.25, -0.2) is 0 Å². The highest BCUT2D eigenvalue weighted by Gasteiger charge is 2.31. The van der Waals surface area contributed by atoms with Crippen LogP contribution in [0.4, 0.5) is 18.9 Å². The Kier molecular flexibility index (Phi) is 4.60. The maximum Gasteiger partial charge on any atom is 0.416 e. The van der Waals surface area contributed by atoms with E-state index in [-0.39, 0.29) is 10.7 Å². The molecule has 0 aliphatic heterocycles. The lowest BCUT2D eigenvalue weighted by molar-refractivity contribution is -0.137. The Labute approximate surface area is 135 Å². The van der Waals surface area contributed by atoms with Crippen molar-refractivity contribution < 1.29 is 18.0 Å². The van der Waals surface area contributed by atoms with Crippen molar-refractivity contribution in [3.63, 3.8) is 0 Å². The minimum Gasteiger partial charge on any atom is -0.321 e. The van der Waals surface area contributed by atoms with Gasteiger partial charge >= 0.3 is 6.18 Å². The lowest BCUT2D eigenvalue weighted by Crippen LogP contribution is -2.12. The van der Waals surface area contributed by atoms with Crippen molar-refractivity contribution in [2.45, 2.75) is 6.18 Å². The van der Waals surface area contributed by atoms with Crippen molar-refractivity contribution in [3.8, 4) is 0 Å². The Balaban J connectivity index is 2.20. The Morgan fingerprint density at radius 1 is 1.30 bits per heavy atom. The van der Waals surface area contributed by atoms with Gasteiger partial charge in [0.2, 0.25) is 0 Å². The molecule has 1 N–H and O–H groups in total. The molecule has 2 aromatic rings. The molecule has 0 aliphatic carbocycles. The third kappa shape index (κ3) is 3.64. The fourth-order valence-electron chi connectivity index (χ4n) is 1.42. The highest BCUT2D eigenvalue weighted by atomic mass is 127. The van der Waals surface area contributed by atoms with E-state index in [1.54, 1.807) is 11.4 Å². The molecule has 2 nitrogen and oxygen atoms in total. The van der Waals surface area contributed by atoms with Crippen molar-refractivity contribution in [3.05, 3.63) is 48.7 Å². The van der Waals surface area contributed by atoms with Gasteiger partial charge in [-0.05, 0) is 46.9 Å². The lowest BCUT2D eigenvalue weighted by atomic mass is 10.2. The summed E-state index contributed by atoms with van der Waals surface area (Å²) in [5.74, 6) is -0.411. The van der Waals surface area contributed by atoms with Crippen LogP contribution in [0.1, 0.15) is 15.9 Å². The number of nitrogens with one attached hydrogen (secondary N) is 1. The predicted octanol–water partition coefficient (Wildman–Crippen LogP) is 5.28. The lowest BCUT2D eigenvalue weighted by Gasteiger charge is -2.10. The monoisotopic (exact) mass is 431 g/mol. The number of carbonyl (C=O) groups is 1. The topological polar surface area (TPSA) is 29.1 Å². The minimum absolute atomic E-state index is 0.144. The van der Waals surface area contributed by atoms with Gasteiger partial charge in [0.1, 0.15) is 0 Å². The number of thiophene rings is 1. The third-order valence-corrected chi connectivity index (χ3v) is 4.48. The van der Waals surface area contributed by atoms with Crippen molar-refractivity contribution in [1.82, 2.24) is 0 Å². The summed E-state index contributed by atoms with van der Waals surface area (Å²) in [5.41, 5.74) is -0.271. The van der Waals surface area contributed by atoms with Crippen LogP contribution in [0.3, 0.4) is 0 Å². The molecule has 20 heavy (non-hydrogen) atoms. The molecule has 0 saturated carbocycles. The maximum atomic E-state index is 12.5. The first-order chi connectivity index (χ1) is 9.27. The number of alkyl halides is 3. The molecule has 1 aromatic carbocycles. The van der Waals surface area contributed by atoms with Gasteiger partial charge in [0.25, 0.3) is 5.91 Å². The summed E-state index contributed by atoms with van der Waals surface area (Å²) in [6.45, 7) is 0. The average Bonchev–Trinajstić information content (AvgIpc) is 2.77. The Hall–Kier alpha value is -0.800. The van der Waals surface area contributed by atoms with Gasteiger partial charge in [0.15, 0.2) is 0 Å². The molecule has 0 spiro atoms. The van der Waals surface area contributed by atoms with E-state index in [1.165, 1.54) is 11.3 Å². The zero-order chi connectivity index (χ0) is 14.9. The standard InChI is InChI=1S/C12H6ClF3INOS/c13-8-4-7(12(14,15)16)1-2-9(8)18-11(19)6-3-10(17)20-5-6/h1-5H,(H,18,19). The predicted molar refractivity (Wildman–Crippen MR) is 81.4 cm³/mol. The van der Waals surface area contributed by atoms with Crippen LogP contribution in [-0.4, -0.2) is 5.91 Å². The van der Waals surface area contributed by atoms with Crippen molar-refractivity contribution in [2.75, 3.05) is 5.32 Å². The molecule has 2 rings (SSSR count).